The first kappa shape index (κ1) is 18.0. The molecular formula is C24H20Br2N2O. The van der Waals surface area contributed by atoms with Crippen molar-refractivity contribution in [1.29, 1.82) is 0 Å². The number of hydrazone groups is 1. The summed E-state index contributed by atoms with van der Waals surface area (Å²) in [5, 5.41) is 9.98. The maximum atomic E-state index is 6.69. The summed E-state index contributed by atoms with van der Waals surface area (Å²) in [6.07, 6.45) is 5.33. The second-order valence-electron chi connectivity index (χ2n) is 8.23. The van der Waals surface area contributed by atoms with Crippen molar-refractivity contribution in [3.8, 4) is 5.75 Å². The molecule has 3 nitrogen and oxygen atoms in total. The Balaban J connectivity index is 1.48. The van der Waals surface area contributed by atoms with Gasteiger partial charge in [0.15, 0.2) is 5.72 Å². The van der Waals surface area contributed by atoms with E-state index in [1.54, 1.807) is 0 Å². The van der Waals surface area contributed by atoms with E-state index in [4.69, 9.17) is 9.84 Å². The average Bonchev–Trinajstić information content (AvgIpc) is 3.37. The number of nitrogens with zero attached hydrogens (tertiary/aromatic N) is 2. The third-order valence-corrected chi connectivity index (χ3v) is 7.53. The van der Waals surface area contributed by atoms with Gasteiger partial charge >= 0.3 is 0 Å². The topological polar surface area (TPSA) is 24.8 Å². The maximum absolute atomic E-state index is 6.69. The van der Waals surface area contributed by atoms with Gasteiger partial charge in [0, 0.05) is 29.3 Å². The van der Waals surface area contributed by atoms with Crippen LogP contribution in [0.15, 0.2) is 68.6 Å². The summed E-state index contributed by atoms with van der Waals surface area (Å²) >= 11 is 7.40. The van der Waals surface area contributed by atoms with E-state index < -0.39 is 0 Å². The van der Waals surface area contributed by atoms with E-state index >= 15 is 0 Å². The van der Waals surface area contributed by atoms with Crippen LogP contribution in [0.2, 0.25) is 0 Å². The van der Waals surface area contributed by atoms with Crippen molar-refractivity contribution < 1.29 is 4.74 Å². The molecule has 1 saturated carbocycles. The van der Waals surface area contributed by atoms with E-state index in [1.807, 2.05) is 0 Å². The zero-order chi connectivity index (χ0) is 19.6. The van der Waals surface area contributed by atoms with E-state index in [1.165, 1.54) is 34.7 Å². The molecule has 0 radical (unpaired) electrons. The van der Waals surface area contributed by atoms with Gasteiger partial charge in [0.2, 0.25) is 0 Å². The van der Waals surface area contributed by atoms with Crippen molar-refractivity contribution in [2.45, 2.75) is 43.9 Å². The molecule has 3 aromatic rings. The summed E-state index contributed by atoms with van der Waals surface area (Å²) < 4.78 is 8.77. The van der Waals surface area contributed by atoms with Crippen LogP contribution in [0.1, 0.15) is 49.3 Å². The standard InChI is InChI=1S/C24H20Br2N2O/c25-18-12-19-22-14-21(17-8-7-15-5-1-2-6-16(15)11-17)27-28(22)24(9-3-4-10-24)29-23(19)20(26)13-18/h1-2,5-8,11-13,22H,3-4,9-10,14H2. The van der Waals surface area contributed by atoms with Crippen LogP contribution in [0.5, 0.6) is 5.75 Å². The predicted octanol–water partition coefficient (Wildman–Crippen LogP) is 7.18. The molecule has 1 fully saturated rings. The van der Waals surface area contributed by atoms with Gasteiger partial charge in [-0.1, -0.05) is 52.3 Å². The van der Waals surface area contributed by atoms with Gasteiger partial charge in [0.05, 0.1) is 16.2 Å². The normalized spacial score (nSPS) is 21.8. The second kappa shape index (κ2) is 6.58. The van der Waals surface area contributed by atoms with E-state index in [-0.39, 0.29) is 11.8 Å². The molecule has 1 atom stereocenters. The Morgan fingerprint density at radius 3 is 2.59 bits per heavy atom. The maximum Gasteiger partial charge on any atom is 0.198 e. The largest absolute Gasteiger partial charge is 0.465 e. The molecular weight excluding hydrogens is 492 g/mol. The Bertz CT molecular complexity index is 1170. The van der Waals surface area contributed by atoms with Crippen molar-refractivity contribution in [2.75, 3.05) is 0 Å². The van der Waals surface area contributed by atoms with Crippen LogP contribution in [0.25, 0.3) is 10.8 Å². The zero-order valence-electron chi connectivity index (χ0n) is 15.9. The van der Waals surface area contributed by atoms with Gasteiger partial charge in [0.1, 0.15) is 5.75 Å². The van der Waals surface area contributed by atoms with E-state index in [0.717, 1.165) is 39.7 Å². The number of benzene rings is 3. The van der Waals surface area contributed by atoms with Crippen LogP contribution in [0.4, 0.5) is 0 Å². The zero-order valence-corrected chi connectivity index (χ0v) is 19.0. The van der Waals surface area contributed by atoms with Crippen molar-refractivity contribution in [3.05, 3.63) is 74.7 Å². The quantitative estimate of drug-likeness (QED) is 0.345. The smallest absolute Gasteiger partial charge is 0.198 e. The van der Waals surface area contributed by atoms with Gasteiger partial charge in [0.25, 0.3) is 0 Å². The minimum Gasteiger partial charge on any atom is -0.465 e. The molecule has 2 aliphatic heterocycles. The fourth-order valence-corrected chi connectivity index (χ4v) is 6.44. The van der Waals surface area contributed by atoms with Crippen LogP contribution in [0.3, 0.4) is 0 Å². The van der Waals surface area contributed by atoms with Crippen LogP contribution in [0, 0.1) is 0 Å². The molecule has 0 bridgehead atoms. The first-order valence-electron chi connectivity index (χ1n) is 10.2. The Kier molecular flexibility index (Phi) is 4.07. The Labute approximate surface area is 187 Å². The Hall–Kier alpha value is -1.85. The molecule has 146 valence electrons. The first-order chi connectivity index (χ1) is 14.1. The number of hydrogen-bond donors (Lipinski definition) is 0. The minimum absolute atomic E-state index is 0.215. The predicted molar refractivity (Wildman–Crippen MR) is 123 cm³/mol. The molecule has 0 N–H and O–H groups in total. The fourth-order valence-electron chi connectivity index (χ4n) is 5.10. The monoisotopic (exact) mass is 510 g/mol. The lowest BCUT2D eigenvalue weighted by molar-refractivity contribution is -0.114. The molecule has 0 amide bonds. The highest BCUT2D eigenvalue weighted by molar-refractivity contribution is 9.11. The number of ether oxygens (including phenoxy) is 1. The Morgan fingerprint density at radius 2 is 1.76 bits per heavy atom. The minimum atomic E-state index is -0.313. The number of fused-ring (bicyclic) bond motifs is 5. The summed E-state index contributed by atoms with van der Waals surface area (Å²) in [7, 11) is 0. The second-order valence-corrected chi connectivity index (χ2v) is 10.0. The van der Waals surface area contributed by atoms with Crippen LogP contribution in [-0.2, 0) is 0 Å². The lowest BCUT2D eigenvalue weighted by Crippen LogP contribution is -2.51. The van der Waals surface area contributed by atoms with Crippen molar-refractivity contribution >= 4 is 48.3 Å². The highest BCUT2D eigenvalue weighted by Crippen LogP contribution is 2.54. The van der Waals surface area contributed by atoms with Gasteiger partial charge in [-0.3, -0.25) is 0 Å². The molecule has 1 aliphatic carbocycles. The lowest BCUT2D eigenvalue weighted by Gasteiger charge is -2.46. The molecule has 0 aromatic heterocycles. The number of rotatable bonds is 1. The highest BCUT2D eigenvalue weighted by Gasteiger charge is 2.52. The molecule has 3 aliphatic rings. The summed E-state index contributed by atoms with van der Waals surface area (Å²) in [4.78, 5) is 0. The molecule has 5 heteroatoms. The van der Waals surface area contributed by atoms with Gasteiger partial charge < -0.3 is 4.74 Å². The lowest BCUT2D eigenvalue weighted by atomic mass is 9.93. The van der Waals surface area contributed by atoms with Crippen molar-refractivity contribution in [2.24, 2.45) is 5.10 Å². The molecule has 29 heavy (non-hydrogen) atoms. The van der Waals surface area contributed by atoms with Gasteiger partial charge in [-0.15, -0.1) is 0 Å². The molecule has 2 heterocycles. The van der Waals surface area contributed by atoms with Crippen LogP contribution in [-0.4, -0.2) is 16.4 Å². The molecule has 3 aromatic carbocycles. The van der Waals surface area contributed by atoms with Crippen LogP contribution < -0.4 is 4.74 Å². The van der Waals surface area contributed by atoms with Gasteiger partial charge in [-0.05, 0) is 63.3 Å². The van der Waals surface area contributed by atoms with Crippen molar-refractivity contribution in [3.63, 3.8) is 0 Å². The first-order valence-corrected chi connectivity index (χ1v) is 11.8. The number of hydrogen-bond acceptors (Lipinski definition) is 3. The molecule has 1 unspecified atom stereocenters. The summed E-state index contributed by atoms with van der Waals surface area (Å²) in [6, 6.07) is 19.7. The SMILES string of the molecule is Brc1cc(Br)c2c(c1)C1CC(c3ccc4ccccc4c3)=NN1C1(CCCC1)O2. The fraction of sp³-hybridized carbons (Fsp3) is 0.292. The Morgan fingerprint density at radius 1 is 0.966 bits per heavy atom. The number of halogens is 2. The molecule has 6 rings (SSSR count). The van der Waals surface area contributed by atoms with E-state index in [0.29, 0.717) is 0 Å². The molecule has 0 saturated heterocycles. The van der Waals surface area contributed by atoms with E-state index in [2.05, 4.69) is 91.5 Å². The molecule has 1 spiro atoms. The van der Waals surface area contributed by atoms with Crippen molar-refractivity contribution in [1.82, 2.24) is 5.01 Å². The third-order valence-electron chi connectivity index (χ3n) is 6.48. The highest BCUT2D eigenvalue weighted by atomic mass is 79.9. The average molecular weight is 512 g/mol. The summed E-state index contributed by atoms with van der Waals surface area (Å²) in [5.41, 5.74) is 3.26. The van der Waals surface area contributed by atoms with E-state index in [9.17, 15) is 0 Å². The van der Waals surface area contributed by atoms with Gasteiger partial charge in [-0.2, -0.15) is 5.10 Å². The summed E-state index contributed by atoms with van der Waals surface area (Å²) in [6.45, 7) is 0. The third kappa shape index (κ3) is 2.77. The summed E-state index contributed by atoms with van der Waals surface area (Å²) in [5.74, 6) is 0.992. The van der Waals surface area contributed by atoms with Crippen LogP contribution >= 0.6 is 31.9 Å². The van der Waals surface area contributed by atoms with Gasteiger partial charge in [-0.25, -0.2) is 5.01 Å².